The number of nitrogens with zero attached hydrogens (tertiary/aromatic N) is 3. The van der Waals surface area contributed by atoms with Crippen LogP contribution >= 0.6 is 0 Å². The zero-order valence-electron chi connectivity index (χ0n) is 22.1. The largest absolute Gasteiger partial charge is 0.481 e. The van der Waals surface area contributed by atoms with E-state index in [2.05, 4.69) is 23.6 Å². The number of hydrogen-bond donors (Lipinski definition) is 1. The van der Waals surface area contributed by atoms with Crippen LogP contribution in [-0.2, 0) is 17.8 Å². The first-order chi connectivity index (χ1) is 17.1. The second-order valence-corrected chi connectivity index (χ2v) is 12.2. The van der Waals surface area contributed by atoms with Crippen LogP contribution in [0, 0.1) is 23.6 Å². The minimum absolute atomic E-state index is 0.0607. The van der Waals surface area contributed by atoms with Crippen LogP contribution in [0.1, 0.15) is 75.7 Å². The van der Waals surface area contributed by atoms with Gasteiger partial charge in [0, 0.05) is 36.5 Å². The summed E-state index contributed by atoms with van der Waals surface area (Å²) in [5, 5.41) is 9.80. The molecule has 3 fully saturated rings. The molecule has 36 heavy (non-hydrogen) atoms. The van der Waals surface area contributed by atoms with E-state index in [0.29, 0.717) is 5.41 Å². The van der Waals surface area contributed by atoms with Gasteiger partial charge in [-0.2, -0.15) is 0 Å². The number of hydrogen-bond acceptors (Lipinski definition) is 4. The summed E-state index contributed by atoms with van der Waals surface area (Å²) in [5.74, 6) is -1.12. The number of carboxylic acid groups (broad SMARTS) is 1. The van der Waals surface area contributed by atoms with Crippen LogP contribution in [0.3, 0.4) is 0 Å². The topological polar surface area (TPSA) is 56.7 Å². The van der Waals surface area contributed by atoms with Crippen molar-refractivity contribution in [1.29, 1.82) is 0 Å². The smallest absolute Gasteiger partial charge is 0.307 e. The Kier molecular flexibility index (Phi) is 6.84. The lowest BCUT2D eigenvalue weighted by Crippen LogP contribution is -2.43. The van der Waals surface area contributed by atoms with Crippen molar-refractivity contribution in [3.05, 3.63) is 47.0 Å². The summed E-state index contributed by atoms with van der Waals surface area (Å²) in [6, 6.07) is 6.65. The van der Waals surface area contributed by atoms with E-state index in [1.165, 1.54) is 44.2 Å². The zero-order chi connectivity index (χ0) is 25.5. The van der Waals surface area contributed by atoms with Crippen molar-refractivity contribution in [3.63, 3.8) is 0 Å². The normalized spacial score (nSPS) is 21.4. The van der Waals surface area contributed by atoms with Gasteiger partial charge in [0.25, 0.3) is 0 Å². The van der Waals surface area contributed by atoms with Crippen molar-refractivity contribution in [3.8, 4) is 11.1 Å². The van der Waals surface area contributed by atoms with Crippen molar-refractivity contribution in [2.24, 2.45) is 10.8 Å². The Morgan fingerprint density at radius 1 is 1.00 bits per heavy atom. The second-order valence-electron chi connectivity index (χ2n) is 12.2. The van der Waals surface area contributed by atoms with E-state index in [-0.39, 0.29) is 17.7 Å². The number of aromatic nitrogens is 1. The Morgan fingerprint density at radius 2 is 1.64 bits per heavy atom. The van der Waals surface area contributed by atoms with Crippen molar-refractivity contribution >= 4 is 11.7 Å². The fourth-order valence-electron chi connectivity index (χ4n) is 6.44. The molecule has 0 radical (unpaired) electrons. The van der Waals surface area contributed by atoms with E-state index in [1.807, 2.05) is 19.1 Å². The molecule has 3 aliphatic rings. The molecule has 0 atom stereocenters. The summed E-state index contributed by atoms with van der Waals surface area (Å²) in [6.07, 6.45) is 8.66. The molecule has 5 nitrogen and oxygen atoms in total. The third-order valence-electron chi connectivity index (χ3n) is 9.15. The molecule has 5 rings (SSSR count). The molecule has 2 saturated heterocycles. The third kappa shape index (κ3) is 5.15. The van der Waals surface area contributed by atoms with Gasteiger partial charge in [-0.05, 0) is 87.1 Å². The second kappa shape index (κ2) is 9.77. The monoisotopic (exact) mass is 493 g/mol. The number of carboxylic acids is 1. The fraction of sp³-hybridized carbons (Fsp3) is 0.600. The first-order valence-corrected chi connectivity index (χ1v) is 13.6. The maximum Gasteiger partial charge on any atom is 0.307 e. The molecule has 1 spiro atoms. The van der Waals surface area contributed by atoms with Crippen LogP contribution in [0.4, 0.5) is 10.1 Å². The van der Waals surface area contributed by atoms with Crippen molar-refractivity contribution in [2.45, 2.75) is 78.7 Å². The number of aliphatic carboxylic acids is 1. The summed E-state index contributed by atoms with van der Waals surface area (Å²) in [5.41, 5.74) is 6.32. The molecule has 6 heteroatoms. The molecular formula is C30H40FN3O2. The Morgan fingerprint density at radius 3 is 2.19 bits per heavy atom. The number of aryl methyl sites for hydroxylation is 1. The Bertz CT molecular complexity index is 1100. The summed E-state index contributed by atoms with van der Waals surface area (Å²) < 4.78 is 13.9. The molecule has 0 amide bonds. The van der Waals surface area contributed by atoms with Crippen LogP contribution in [0.15, 0.2) is 24.3 Å². The number of piperidine rings is 2. The van der Waals surface area contributed by atoms with Crippen LogP contribution in [-0.4, -0.2) is 47.1 Å². The highest BCUT2D eigenvalue weighted by molar-refractivity contribution is 5.86. The molecule has 1 N–H and O–H groups in total. The highest BCUT2D eigenvalue weighted by atomic mass is 19.1. The van der Waals surface area contributed by atoms with Crippen LogP contribution in [0.5, 0.6) is 0 Å². The quantitative estimate of drug-likeness (QED) is 0.518. The number of halogens is 1. The Hall–Kier alpha value is -2.47. The van der Waals surface area contributed by atoms with Gasteiger partial charge in [0.2, 0.25) is 0 Å². The van der Waals surface area contributed by atoms with E-state index in [9.17, 15) is 14.3 Å². The van der Waals surface area contributed by atoms with Crippen molar-refractivity contribution in [2.75, 3.05) is 31.1 Å². The van der Waals surface area contributed by atoms with Crippen molar-refractivity contribution < 1.29 is 14.3 Å². The van der Waals surface area contributed by atoms with E-state index < -0.39 is 5.97 Å². The van der Waals surface area contributed by atoms with E-state index >= 15 is 0 Å². The van der Waals surface area contributed by atoms with E-state index in [0.717, 1.165) is 79.3 Å². The molecule has 0 unspecified atom stereocenters. The SMILES string of the molecule is Cc1nc(CN2CCC3(CCC3)CC2)c(-c2ccc(F)cc2)c(N2CCC(C)(C)CC2)c1CC(=O)O. The number of carbonyl (C=O) groups is 1. The van der Waals surface area contributed by atoms with Gasteiger partial charge in [-0.3, -0.25) is 14.7 Å². The lowest BCUT2D eigenvalue weighted by Gasteiger charge is -2.48. The average molecular weight is 494 g/mol. The molecular weight excluding hydrogens is 453 g/mol. The number of pyridine rings is 1. The van der Waals surface area contributed by atoms with Gasteiger partial charge in [-0.1, -0.05) is 32.4 Å². The lowest BCUT2D eigenvalue weighted by atomic mass is 9.63. The molecule has 1 aromatic heterocycles. The van der Waals surface area contributed by atoms with Gasteiger partial charge in [-0.25, -0.2) is 4.39 Å². The lowest BCUT2D eigenvalue weighted by molar-refractivity contribution is -0.136. The maximum absolute atomic E-state index is 13.9. The number of benzene rings is 1. The predicted octanol–water partition coefficient (Wildman–Crippen LogP) is 6.22. The van der Waals surface area contributed by atoms with E-state index in [4.69, 9.17) is 4.98 Å². The maximum atomic E-state index is 13.9. The van der Waals surface area contributed by atoms with Crippen LogP contribution < -0.4 is 4.90 Å². The molecule has 1 aromatic carbocycles. The highest BCUT2D eigenvalue weighted by Crippen LogP contribution is 2.49. The van der Waals surface area contributed by atoms with Gasteiger partial charge in [0.15, 0.2) is 0 Å². The minimum Gasteiger partial charge on any atom is -0.481 e. The summed E-state index contributed by atoms with van der Waals surface area (Å²) >= 11 is 0. The Labute approximate surface area is 214 Å². The first-order valence-electron chi connectivity index (χ1n) is 13.6. The molecule has 1 aliphatic carbocycles. The van der Waals surface area contributed by atoms with Crippen LogP contribution in [0.25, 0.3) is 11.1 Å². The van der Waals surface area contributed by atoms with Gasteiger partial charge in [-0.15, -0.1) is 0 Å². The predicted molar refractivity (Wildman–Crippen MR) is 142 cm³/mol. The van der Waals surface area contributed by atoms with Gasteiger partial charge >= 0.3 is 5.97 Å². The Balaban J connectivity index is 1.58. The summed E-state index contributed by atoms with van der Waals surface area (Å²) in [7, 11) is 0. The number of rotatable bonds is 6. The summed E-state index contributed by atoms with van der Waals surface area (Å²) in [4.78, 5) is 21.9. The highest BCUT2D eigenvalue weighted by Gasteiger charge is 2.40. The van der Waals surface area contributed by atoms with E-state index in [1.54, 1.807) is 0 Å². The van der Waals surface area contributed by atoms with Gasteiger partial charge in [0.1, 0.15) is 5.82 Å². The molecule has 1 saturated carbocycles. The minimum atomic E-state index is -0.849. The summed E-state index contributed by atoms with van der Waals surface area (Å²) in [6.45, 7) is 11.2. The first kappa shape index (κ1) is 25.2. The molecule has 0 bridgehead atoms. The zero-order valence-corrected chi connectivity index (χ0v) is 22.1. The fourth-order valence-corrected chi connectivity index (χ4v) is 6.44. The number of anilines is 1. The van der Waals surface area contributed by atoms with Gasteiger partial charge in [0.05, 0.1) is 17.8 Å². The molecule has 194 valence electrons. The molecule has 2 aromatic rings. The molecule has 2 aliphatic heterocycles. The standard InChI is InChI=1S/C30H40FN3O2/c1-21-24(19-26(35)36)28(34-17-11-29(2,3)12-18-34)27(22-5-7-23(31)8-6-22)25(32-21)20-33-15-13-30(14-16-33)9-4-10-30/h5-8H,4,9-20H2,1-3H3,(H,35,36). The van der Waals surface area contributed by atoms with Crippen LogP contribution in [0.2, 0.25) is 0 Å². The average Bonchev–Trinajstić information content (AvgIpc) is 2.81. The van der Waals surface area contributed by atoms with Gasteiger partial charge < -0.3 is 10.0 Å². The number of likely N-dealkylation sites (tertiary alicyclic amines) is 1. The molecule has 3 heterocycles. The third-order valence-corrected chi connectivity index (χ3v) is 9.15. The van der Waals surface area contributed by atoms with Crippen molar-refractivity contribution in [1.82, 2.24) is 9.88 Å².